The first kappa shape index (κ1) is 26.7. The molecule has 0 aliphatic rings. The molecule has 1 atom stereocenters. The summed E-state index contributed by atoms with van der Waals surface area (Å²) in [6.45, 7) is 9.20. The van der Waals surface area contributed by atoms with Crippen LogP contribution in [0.15, 0.2) is 67.0 Å². The first-order chi connectivity index (χ1) is 17.0. The molecule has 0 radical (unpaired) electrons. The Kier molecular flexibility index (Phi) is 8.64. The van der Waals surface area contributed by atoms with E-state index in [1.807, 2.05) is 74.5 Å². The maximum atomic E-state index is 13.3. The lowest BCUT2D eigenvalue weighted by atomic mass is 9.98. The Balaban J connectivity index is 1.82. The molecule has 2 aromatic carbocycles. The average molecular weight is 491 g/mol. The normalized spacial score (nSPS) is 12.3. The molecule has 8 heteroatoms. The molecule has 0 saturated heterocycles. The van der Waals surface area contributed by atoms with Crippen LogP contribution in [-0.4, -0.2) is 39.4 Å². The van der Waals surface area contributed by atoms with Crippen LogP contribution < -0.4 is 10.6 Å². The van der Waals surface area contributed by atoms with Crippen molar-refractivity contribution in [1.82, 2.24) is 20.6 Å². The fraction of sp³-hybridized carbons (Fsp3) is 0.357. The maximum absolute atomic E-state index is 13.3. The van der Waals surface area contributed by atoms with Gasteiger partial charge >= 0.3 is 5.97 Å². The molecule has 190 valence electrons. The number of hydrogen-bond acceptors (Lipinski definition) is 5. The van der Waals surface area contributed by atoms with Crippen LogP contribution in [0.4, 0.5) is 0 Å². The first-order valence-corrected chi connectivity index (χ1v) is 12.0. The first-order valence-electron chi connectivity index (χ1n) is 12.0. The lowest BCUT2D eigenvalue weighted by Gasteiger charge is -2.25. The molecule has 0 aliphatic carbocycles. The topological polar surface area (TPSA) is 113 Å². The Hall–Kier alpha value is -3.94. The largest absolute Gasteiger partial charge is 0.458 e. The predicted molar refractivity (Wildman–Crippen MR) is 137 cm³/mol. The van der Waals surface area contributed by atoms with Gasteiger partial charge in [-0.25, -0.2) is 9.78 Å². The van der Waals surface area contributed by atoms with Crippen molar-refractivity contribution in [3.05, 3.63) is 89.5 Å². The van der Waals surface area contributed by atoms with E-state index in [4.69, 9.17) is 4.74 Å². The molecule has 3 aromatic rings. The summed E-state index contributed by atoms with van der Waals surface area (Å²) in [5.74, 6) is -1.52. The smallest absolute Gasteiger partial charge is 0.329 e. The molecule has 3 N–H and O–H groups in total. The number of H-pyrrole nitrogens is 1. The molecule has 1 aromatic heterocycles. The zero-order chi connectivity index (χ0) is 26.3. The summed E-state index contributed by atoms with van der Waals surface area (Å²) in [5, 5.41) is 5.71. The van der Waals surface area contributed by atoms with E-state index in [9.17, 15) is 14.4 Å². The number of imidazole rings is 1. The van der Waals surface area contributed by atoms with Gasteiger partial charge in [-0.1, -0.05) is 74.5 Å². The molecular formula is C28H34N4O4. The Labute approximate surface area is 211 Å². The molecule has 3 rings (SSSR count). The third kappa shape index (κ3) is 7.28. The number of amides is 2. The minimum Gasteiger partial charge on any atom is -0.458 e. The van der Waals surface area contributed by atoms with Crippen molar-refractivity contribution in [2.45, 2.75) is 58.7 Å². The summed E-state index contributed by atoms with van der Waals surface area (Å²) in [6, 6.07) is 17.8. The molecule has 0 saturated carbocycles. The predicted octanol–water partition coefficient (Wildman–Crippen LogP) is 4.42. The highest BCUT2D eigenvalue weighted by Crippen LogP contribution is 2.22. The van der Waals surface area contributed by atoms with Gasteiger partial charge in [0.1, 0.15) is 17.3 Å². The van der Waals surface area contributed by atoms with Gasteiger partial charge in [0.05, 0.1) is 12.4 Å². The maximum Gasteiger partial charge on any atom is 0.329 e. The van der Waals surface area contributed by atoms with E-state index in [2.05, 4.69) is 20.6 Å². The van der Waals surface area contributed by atoms with Crippen molar-refractivity contribution in [1.29, 1.82) is 0 Å². The lowest BCUT2D eigenvalue weighted by molar-refractivity contribution is -0.157. The number of nitrogens with one attached hydrogen (secondary N) is 3. The number of hydrogen-bond donors (Lipinski definition) is 3. The number of esters is 1. The van der Waals surface area contributed by atoms with Gasteiger partial charge in [0.15, 0.2) is 5.69 Å². The highest BCUT2D eigenvalue weighted by Gasteiger charge is 2.30. The van der Waals surface area contributed by atoms with Crippen LogP contribution in [0, 0.1) is 5.92 Å². The van der Waals surface area contributed by atoms with Crippen molar-refractivity contribution in [2.24, 2.45) is 5.92 Å². The van der Waals surface area contributed by atoms with Gasteiger partial charge in [0, 0.05) is 0 Å². The zero-order valence-corrected chi connectivity index (χ0v) is 21.4. The summed E-state index contributed by atoms with van der Waals surface area (Å²) in [6.07, 6.45) is 1.67. The molecule has 0 fully saturated rings. The van der Waals surface area contributed by atoms with Gasteiger partial charge in [-0.2, -0.15) is 0 Å². The molecule has 2 amide bonds. The van der Waals surface area contributed by atoms with Crippen LogP contribution in [0.5, 0.6) is 0 Å². The van der Waals surface area contributed by atoms with Crippen molar-refractivity contribution < 1.29 is 19.1 Å². The summed E-state index contributed by atoms with van der Waals surface area (Å²) >= 11 is 0. The summed E-state index contributed by atoms with van der Waals surface area (Å²) in [5.41, 5.74) is 1.01. The van der Waals surface area contributed by atoms with Gasteiger partial charge in [0.25, 0.3) is 11.8 Å². The molecule has 36 heavy (non-hydrogen) atoms. The minimum absolute atomic E-state index is 0.0110. The lowest BCUT2D eigenvalue weighted by Crippen LogP contribution is -2.45. The van der Waals surface area contributed by atoms with Crippen molar-refractivity contribution in [2.75, 3.05) is 0 Å². The van der Waals surface area contributed by atoms with E-state index in [1.54, 1.807) is 20.8 Å². The third-order valence-corrected chi connectivity index (χ3v) is 5.33. The number of carbonyl (C=O) groups is 3. The van der Waals surface area contributed by atoms with Gasteiger partial charge in [-0.3, -0.25) is 9.59 Å². The van der Waals surface area contributed by atoms with Gasteiger partial charge in [0.2, 0.25) is 0 Å². The quantitative estimate of drug-likeness (QED) is 0.385. The van der Waals surface area contributed by atoms with E-state index in [1.165, 1.54) is 6.33 Å². The molecular weight excluding hydrogens is 456 g/mol. The highest BCUT2D eigenvalue weighted by atomic mass is 16.6. The number of benzene rings is 2. The fourth-order valence-electron chi connectivity index (χ4n) is 3.78. The zero-order valence-electron chi connectivity index (χ0n) is 21.4. The van der Waals surface area contributed by atoms with E-state index in [-0.39, 0.29) is 17.3 Å². The van der Waals surface area contributed by atoms with Gasteiger partial charge in [-0.15, -0.1) is 0 Å². The number of carbonyl (C=O) groups excluding carboxylic acids is 3. The fourth-order valence-corrected chi connectivity index (χ4v) is 3.78. The summed E-state index contributed by atoms with van der Waals surface area (Å²) in [7, 11) is 0. The number of ether oxygens (including phenoxy) is 1. The van der Waals surface area contributed by atoms with E-state index >= 15 is 0 Å². The summed E-state index contributed by atoms with van der Waals surface area (Å²) < 4.78 is 5.49. The van der Waals surface area contributed by atoms with Crippen LogP contribution in [0.3, 0.4) is 0 Å². The molecule has 8 nitrogen and oxygen atoms in total. The number of nitrogens with zero attached hydrogens (tertiary/aromatic N) is 1. The molecule has 1 heterocycles. The van der Waals surface area contributed by atoms with Crippen molar-refractivity contribution >= 4 is 17.8 Å². The SMILES string of the molecule is CC(C)C[C@H](NC(=O)c1nc[nH]c1C(=O)NC(c1ccccc1)c1ccccc1)C(=O)OC(C)(C)C. The Morgan fingerprint density at radius 1 is 0.889 bits per heavy atom. The van der Waals surface area contributed by atoms with E-state index in [0.29, 0.717) is 6.42 Å². The van der Waals surface area contributed by atoms with Crippen molar-refractivity contribution in [3.63, 3.8) is 0 Å². The van der Waals surface area contributed by atoms with Gasteiger partial charge < -0.3 is 20.4 Å². The Morgan fingerprint density at radius 3 is 1.94 bits per heavy atom. The van der Waals surface area contributed by atoms with E-state index < -0.39 is 35.5 Å². The average Bonchev–Trinajstić information content (AvgIpc) is 3.32. The number of aromatic nitrogens is 2. The molecule has 0 bridgehead atoms. The Bertz CT molecular complexity index is 1130. The highest BCUT2D eigenvalue weighted by molar-refractivity contribution is 6.05. The van der Waals surface area contributed by atoms with Crippen molar-refractivity contribution in [3.8, 4) is 0 Å². The third-order valence-electron chi connectivity index (χ3n) is 5.33. The molecule has 0 aliphatic heterocycles. The number of aromatic amines is 1. The van der Waals surface area contributed by atoms with Crippen LogP contribution in [0.1, 0.15) is 79.2 Å². The molecule has 0 unspecified atom stereocenters. The van der Waals surface area contributed by atoms with Crippen LogP contribution >= 0.6 is 0 Å². The Morgan fingerprint density at radius 2 is 1.44 bits per heavy atom. The minimum atomic E-state index is -0.870. The van der Waals surface area contributed by atoms with Crippen LogP contribution in [-0.2, 0) is 9.53 Å². The van der Waals surface area contributed by atoms with E-state index in [0.717, 1.165) is 11.1 Å². The van der Waals surface area contributed by atoms with Gasteiger partial charge in [-0.05, 0) is 44.2 Å². The second kappa shape index (κ2) is 11.7. The second-order valence-electron chi connectivity index (χ2n) is 10.0. The standard InChI is InChI=1S/C28H34N4O4/c1-18(2)16-21(27(35)36-28(3,4)5)31-25(33)23-24(30-17-29-23)26(34)32-22(19-12-8-6-9-13-19)20-14-10-7-11-15-20/h6-15,17-18,21-22H,16H2,1-5H3,(H,29,30)(H,31,33)(H,32,34)/t21-/m0/s1. The van der Waals surface area contributed by atoms with Crippen LogP contribution in [0.2, 0.25) is 0 Å². The monoisotopic (exact) mass is 490 g/mol. The second-order valence-corrected chi connectivity index (χ2v) is 10.0. The van der Waals surface area contributed by atoms with Crippen LogP contribution in [0.25, 0.3) is 0 Å². The molecule has 0 spiro atoms. The summed E-state index contributed by atoms with van der Waals surface area (Å²) in [4.78, 5) is 46.0. The number of rotatable bonds is 9.